The summed E-state index contributed by atoms with van der Waals surface area (Å²) in [5.41, 5.74) is 0.987. The van der Waals surface area contributed by atoms with Gasteiger partial charge in [-0.15, -0.1) is 0 Å². The molecule has 2 aliphatic rings. The Kier molecular flexibility index (Phi) is 6.03. The summed E-state index contributed by atoms with van der Waals surface area (Å²) in [7, 11) is -0.878. The van der Waals surface area contributed by atoms with Crippen LogP contribution in [0.15, 0.2) is 41.3 Å². The second-order valence-corrected chi connectivity index (χ2v) is 8.98. The van der Waals surface area contributed by atoms with Gasteiger partial charge in [0.05, 0.1) is 14.2 Å². The third kappa shape index (κ3) is 4.19. The Hall–Kier alpha value is -2.49. The highest BCUT2D eigenvalue weighted by Gasteiger charge is 2.28. The molecule has 1 atom stereocenters. The molecule has 8 nitrogen and oxygen atoms in total. The van der Waals surface area contributed by atoms with Crippen LogP contribution in [0.2, 0.25) is 0 Å². The molecule has 2 aromatic carbocycles. The van der Waals surface area contributed by atoms with E-state index in [-0.39, 0.29) is 30.0 Å². The standard InChI is InChI=1S/C21H26N2O6S/c1-26-16-6-8-19(27-2)21(12-16)30(24,25)22-13-17(23-9-3-4-10-23)15-5-7-18-20(11-15)29-14-28-18/h5-8,11-12,17,22H,3-4,9-10,13-14H2,1-2H3/t17-/m0/s1. The molecule has 0 amide bonds. The molecular weight excluding hydrogens is 408 g/mol. The third-order valence-electron chi connectivity index (χ3n) is 5.49. The average molecular weight is 435 g/mol. The van der Waals surface area contributed by atoms with Gasteiger partial charge in [0.25, 0.3) is 0 Å². The number of ether oxygens (including phenoxy) is 4. The lowest BCUT2D eigenvalue weighted by atomic mass is 10.1. The van der Waals surface area contributed by atoms with Crippen LogP contribution >= 0.6 is 0 Å². The molecule has 1 N–H and O–H groups in total. The van der Waals surface area contributed by atoms with Crippen LogP contribution < -0.4 is 23.7 Å². The van der Waals surface area contributed by atoms with Crippen molar-refractivity contribution < 1.29 is 27.4 Å². The average Bonchev–Trinajstić information content (AvgIpc) is 3.45. The van der Waals surface area contributed by atoms with E-state index in [1.807, 2.05) is 18.2 Å². The van der Waals surface area contributed by atoms with Crippen LogP contribution in [0.3, 0.4) is 0 Å². The first-order chi connectivity index (χ1) is 14.5. The number of sulfonamides is 1. The number of hydrogen-bond acceptors (Lipinski definition) is 7. The molecule has 0 bridgehead atoms. The van der Waals surface area contributed by atoms with Gasteiger partial charge in [-0.3, -0.25) is 4.90 Å². The quantitative estimate of drug-likeness (QED) is 0.683. The first-order valence-electron chi connectivity index (χ1n) is 9.87. The van der Waals surface area contributed by atoms with Gasteiger partial charge in [0.1, 0.15) is 16.4 Å². The number of hydrogen-bond donors (Lipinski definition) is 1. The zero-order valence-electron chi connectivity index (χ0n) is 17.1. The fraction of sp³-hybridized carbons (Fsp3) is 0.429. The van der Waals surface area contributed by atoms with Gasteiger partial charge >= 0.3 is 0 Å². The molecule has 30 heavy (non-hydrogen) atoms. The number of nitrogens with zero attached hydrogens (tertiary/aromatic N) is 1. The predicted molar refractivity (Wildman–Crippen MR) is 111 cm³/mol. The fourth-order valence-corrected chi connectivity index (χ4v) is 5.11. The molecule has 0 saturated carbocycles. The molecule has 1 saturated heterocycles. The van der Waals surface area contributed by atoms with Crippen LogP contribution in [0, 0.1) is 0 Å². The molecule has 0 spiro atoms. The van der Waals surface area contributed by atoms with Gasteiger partial charge < -0.3 is 18.9 Å². The highest BCUT2D eigenvalue weighted by Crippen LogP contribution is 2.36. The van der Waals surface area contributed by atoms with Crippen LogP contribution in [-0.2, 0) is 10.0 Å². The summed E-state index contributed by atoms with van der Waals surface area (Å²) in [6, 6.07) is 10.4. The number of rotatable bonds is 8. The van der Waals surface area contributed by atoms with Crippen molar-refractivity contribution in [2.24, 2.45) is 0 Å². The summed E-state index contributed by atoms with van der Waals surface area (Å²) in [6.45, 7) is 2.27. The molecule has 2 heterocycles. The maximum absolute atomic E-state index is 13.1. The van der Waals surface area contributed by atoms with Crippen LogP contribution in [0.5, 0.6) is 23.0 Å². The molecule has 0 radical (unpaired) electrons. The molecule has 0 aromatic heterocycles. The Morgan fingerprint density at radius 3 is 2.53 bits per heavy atom. The first-order valence-corrected chi connectivity index (χ1v) is 11.4. The van der Waals surface area contributed by atoms with Gasteiger partial charge in [-0.25, -0.2) is 13.1 Å². The lowest BCUT2D eigenvalue weighted by Gasteiger charge is -2.28. The van der Waals surface area contributed by atoms with E-state index in [2.05, 4.69) is 9.62 Å². The van der Waals surface area contributed by atoms with Gasteiger partial charge in [-0.2, -0.15) is 0 Å². The zero-order chi connectivity index (χ0) is 21.1. The molecular formula is C21H26N2O6S. The van der Waals surface area contributed by atoms with E-state index in [9.17, 15) is 8.42 Å². The van der Waals surface area contributed by atoms with Crippen molar-refractivity contribution in [2.75, 3.05) is 40.6 Å². The van der Waals surface area contributed by atoms with E-state index in [4.69, 9.17) is 18.9 Å². The molecule has 1 fully saturated rings. The van der Waals surface area contributed by atoms with Gasteiger partial charge in [0.2, 0.25) is 16.8 Å². The molecule has 0 aliphatic carbocycles. The van der Waals surface area contributed by atoms with Crippen molar-refractivity contribution in [3.63, 3.8) is 0 Å². The van der Waals surface area contributed by atoms with E-state index >= 15 is 0 Å². The smallest absolute Gasteiger partial charge is 0.244 e. The lowest BCUT2D eigenvalue weighted by molar-refractivity contribution is 0.173. The first kappa shape index (κ1) is 20.8. The minimum atomic E-state index is -3.82. The summed E-state index contributed by atoms with van der Waals surface area (Å²) >= 11 is 0. The zero-order valence-corrected chi connectivity index (χ0v) is 17.9. The predicted octanol–water partition coefficient (Wildman–Crippen LogP) is 2.55. The van der Waals surface area contributed by atoms with Crippen molar-refractivity contribution in [3.05, 3.63) is 42.0 Å². The highest BCUT2D eigenvalue weighted by atomic mass is 32.2. The van der Waals surface area contributed by atoms with Crippen LogP contribution in [0.4, 0.5) is 0 Å². The number of benzene rings is 2. The summed E-state index contributed by atoms with van der Waals surface area (Å²) in [5.74, 6) is 2.11. The Morgan fingerprint density at radius 2 is 1.80 bits per heavy atom. The molecule has 2 aromatic rings. The van der Waals surface area contributed by atoms with Crippen LogP contribution in [-0.4, -0.2) is 54.0 Å². The summed E-state index contributed by atoms with van der Waals surface area (Å²) < 4.78 is 50.3. The van der Waals surface area contributed by atoms with Crippen molar-refractivity contribution >= 4 is 10.0 Å². The van der Waals surface area contributed by atoms with E-state index in [1.54, 1.807) is 12.1 Å². The summed E-state index contributed by atoms with van der Waals surface area (Å²) in [5, 5.41) is 0. The maximum atomic E-state index is 13.1. The van der Waals surface area contributed by atoms with Crippen molar-refractivity contribution in [2.45, 2.75) is 23.8 Å². The van der Waals surface area contributed by atoms with Gasteiger partial charge in [-0.05, 0) is 55.8 Å². The molecule has 2 aliphatic heterocycles. The Morgan fingerprint density at radius 1 is 1.03 bits per heavy atom. The Bertz CT molecular complexity index is 1000. The number of fused-ring (bicyclic) bond motifs is 1. The van der Waals surface area contributed by atoms with Crippen molar-refractivity contribution in [3.8, 4) is 23.0 Å². The minimum Gasteiger partial charge on any atom is -0.497 e. The largest absolute Gasteiger partial charge is 0.497 e. The highest BCUT2D eigenvalue weighted by molar-refractivity contribution is 7.89. The van der Waals surface area contributed by atoms with Gasteiger partial charge in [-0.1, -0.05) is 6.07 Å². The number of nitrogens with one attached hydrogen (secondary N) is 1. The van der Waals surface area contributed by atoms with Crippen molar-refractivity contribution in [1.29, 1.82) is 0 Å². The second kappa shape index (κ2) is 8.71. The van der Waals surface area contributed by atoms with Gasteiger partial charge in [0.15, 0.2) is 11.5 Å². The van der Waals surface area contributed by atoms with Crippen LogP contribution in [0.25, 0.3) is 0 Å². The van der Waals surface area contributed by atoms with E-state index in [1.165, 1.54) is 20.3 Å². The Balaban J connectivity index is 1.59. The normalized spacial score (nSPS) is 17.1. The SMILES string of the molecule is COc1ccc(OC)c(S(=O)(=O)NC[C@@H](c2ccc3c(c2)OCO3)N2CCCC2)c1. The van der Waals surface area contributed by atoms with Crippen molar-refractivity contribution in [1.82, 2.24) is 9.62 Å². The topological polar surface area (TPSA) is 86.3 Å². The Labute approximate surface area is 176 Å². The minimum absolute atomic E-state index is 0.0511. The van der Waals surface area contributed by atoms with E-state index < -0.39 is 10.0 Å². The third-order valence-corrected chi connectivity index (χ3v) is 6.93. The van der Waals surface area contributed by atoms with E-state index in [0.717, 1.165) is 31.5 Å². The molecule has 0 unspecified atom stereocenters. The van der Waals surface area contributed by atoms with Gasteiger partial charge in [0, 0.05) is 18.7 Å². The van der Waals surface area contributed by atoms with E-state index in [0.29, 0.717) is 17.2 Å². The lowest BCUT2D eigenvalue weighted by Crippen LogP contribution is -2.36. The second-order valence-electron chi connectivity index (χ2n) is 7.24. The number of likely N-dealkylation sites (tertiary alicyclic amines) is 1. The molecule has 4 rings (SSSR count). The molecule has 162 valence electrons. The fourth-order valence-electron chi connectivity index (χ4n) is 3.89. The summed E-state index contributed by atoms with van der Waals surface area (Å²) in [6.07, 6.45) is 2.19. The summed E-state index contributed by atoms with van der Waals surface area (Å²) in [4.78, 5) is 2.35. The van der Waals surface area contributed by atoms with Crippen LogP contribution in [0.1, 0.15) is 24.4 Å². The number of methoxy groups -OCH3 is 2. The monoisotopic (exact) mass is 434 g/mol. The maximum Gasteiger partial charge on any atom is 0.244 e. The molecule has 9 heteroatoms.